The molecule has 3 saturated carbocycles. The molecule has 0 bridgehead atoms. The van der Waals surface area contributed by atoms with Gasteiger partial charge in [0.25, 0.3) is 0 Å². The smallest absolute Gasteiger partial charge is 0.336 e. The van der Waals surface area contributed by atoms with Crippen LogP contribution >= 0.6 is 12.6 Å². The number of pyridine rings is 1. The van der Waals surface area contributed by atoms with Gasteiger partial charge in [0.05, 0.1) is 29.9 Å². The number of hydrogen-bond donors (Lipinski definition) is 2. The highest BCUT2D eigenvalue weighted by Gasteiger charge is 2.70. The summed E-state index contributed by atoms with van der Waals surface area (Å²) in [4.78, 5) is 30.2. The van der Waals surface area contributed by atoms with Crippen LogP contribution in [-0.4, -0.2) is 55.4 Å². The Morgan fingerprint density at radius 1 is 1.22 bits per heavy atom. The Hall–Kier alpha value is -2.56. The van der Waals surface area contributed by atoms with Gasteiger partial charge >= 0.3 is 5.97 Å². The first kappa shape index (κ1) is 27.3. The predicted molar refractivity (Wildman–Crippen MR) is 151 cm³/mol. The van der Waals surface area contributed by atoms with Crippen LogP contribution < -0.4 is 0 Å². The van der Waals surface area contributed by atoms with Gasteiger partial charge in [0.2, 0.25) is 11.1 Å². The number of ether oxygens (including phenoxy) is 2. The van der Waals surface area contributed by atoms with Gasteiger partial charge in [-0.05, 0) is 98.3 Å². The average Bonchev–Trinajstić information content (AvgIpc) is 3.66. The second-order valence-corrected chi connectivity index (χ2v) is 13.6. The van der Waals surface area contributed by atoms with Gasteiger partial charge in [0.1, 0.15) is 0 Å². The predicted octanol–water partition coefficient (Wildman–Crippen LogP) is 4.48. The normalized spacial score (nSPS) is 39.2. The fraction of sp³-hybridized carbons (Fsp3) is 0.613. The van der Waals surface area contributed by atoms with E-state index in [4.69, 9.17) is 9.47 Å². The fourth-order valence-electron chi connectivity index (χ4n) is 9.44. The van der Waals surface area contributed by atoms with E-state index in [0.717, 1.165) is 43.4 Å². The summed E-state index contributed by atoms with van der Waals surface area (Å²) in [5, 5.41) is 16.1. The summed E-state index contributed by atoms with van der Waals surface area (Å²) in [5.74, 6) is -0.756. The zero-order chi connectivity index (χ0) is 28.7. The molecule has 1 N–H and O–H groups in total. The number of aromatic nitrogens is 3. The van der Waals surface area contributed by atoms with Crippen LogP contribution in [0, 0.1) is 34.5 Å². The standard InChI is InChI=1S/C31H36FN3O5S/c1-29-13-17-15-34-35(19-6-8-25(32)33-16-19)22(17)12-18(29)5-7-20-21-9-10-31(28(38)41,30(21,2)14-23(36)26(20)29)40-27(37)24-4-3-11-39-24/h6,8,12,15-16,20-21,23-24,26,36H,3-5,7,9-11,13-14H2,1-2H3,(H,38,41)/t20-,21-,23-,24+,26+,29-,30-,31-/m0/s1. The molecule has 0 amide bonds. The lowest BCUT2D eigenvalue weighted by Crippen LogP contribution is -2.62. The van der Waals surface area contributed by atoms with E-state index in [1.165, 1.54) is 17.8 Å². The lowest BCUT2D eigenvalue weighted by molar-refractivity contribution is -0.202. The minimum absolute atomic E-state index is 0.00995. The van der Waals surface area contributed by atoms with Crippen molar-refractivity contribution < 1.29 is 28.6 Å². The summed E-state index contributed by atoms with van der Waals surface area (Å²) in [7, 11) is 0. The molecule has 1 saturated heterocycles. The first-order valence-electron chi connectivity index (χ1n) is 14.7. The molecule has 2 aromatic heterocycles. The van der Waals surface area contributed by atoms with E-state index < -0.39 is 40.3 Å². The summed E-state index contributed by atoms with van der Waals surface area (Å²) in [6, 6.07) is 3.00. The van der Waals surface area contributed by atoms with Crippen LogP contribution in [0.4, 0.5) is 4.39 Å². The van der Waals surface area contributed by atoms with Crippen molar-refractivity contribution in [3.8, 4) is 5.69 Å². The second-order valence-electron chi connectivity index (χ2n) is 13.2. The highest BCUT2D eigenvalue weighted by Crippen LogP contribution is 2.68. The van der Waals surface area contributed by atoms with Gasteiger partial charge < -0.3 is 14.6 Å². The van der Waals surface area contributed by atoms with E-state index in [-0.39, 0.29) is 23.2 Å². The Morgan fingerprint density at radius 3 is 2.76 bits per heavy atom. The molecule has 4 fully saturated rings. The number of halogens is 1. The molecule has 0 radical (unpaired) electrons. The van der Waals surface area contributed by atoms with Crippen LogP contribution in [-0.2, 0) is 25.5 Å². The lowest BCUT2D eigenvalue weighted by Gasteiger charge is -2.60. The van der Waals surface area contributed by atoms with Crippen LogP contribution in [0.3, 0.4) is 0 Å². The molecule has 10 heteroatoms. The Kier molecular flexibility index (Phi) is 6.30. The van der Waals surface area contributed by atoms with Crippen molar-refractivity contribution >= 4 is 29.8 Å². The molecule has 2 aromatic rings. The maximum Gasteiger partial charge on any atom is 0.336 e. The minimum Gasteiger partial charge on any atom is -0.448 e. The van der Waals surface area contributed by atoms with Crippen LogP contribution in [0.15, 0.2) is 30.1 Å². The number of esters is 1. The van der Waals surface area contributed by atoms with Crippen molar-refractivity contribution in [1.82, 2.24) is 14.8 Å². The summed E-state index contributed by atoms with van der Waals surface area (Å²) < 4.78 is 26.9. The van der Waals surface area contributed by atoms with Crippen molar-refractivity contribution in [2.45, 2.75) is 83.0 Å². The van der Waals surface area contributed by atoms with Crippen LogP contribution in [0.1, 0.15) is 70.1 Å². The van der Waals surface area contributed by atoms with E-state index in [1.54, 1.807) is 10.7 Å². The fourth-order valence-corrected chi connectivity index (χ4v) is 9.85. The third-order valence-electron chi connectivity index (χ3n) is 11.3. The summed E-state index contributed by atoms with van der Waals surface area (Å²) >= 11 is 4.29. The number of fused-ring (bicyclic) bond motifs is 6. The third kappa shape index (κ3) is 3.86. The zero-order valence-corrected chi connectivity index (χ0v) is 24.3. The molecular weight excluding hydrogens is 545 g/mol. The molecule has 1 aliphatic heterocycles. The van der Waals surface area contributed by atoms with Crippen molar-refractivity contribution in [3.63, 3.8) is 0 Å². The second kappa shape index (κ2) is 9.47. The Bertz CT molecular complexity index is 1440. The number of hydrogen-bond acceptors (Lipinski definition) is 7. The maximum absolute atomic E-state index is 13.4. The number of aliphatic hydroxyl groups is 1. The Morgan fingerprint density at radius 2 is 2.05 bits per heavy atom. The van der Waals surface area contributed by atoms with Crippen LogP contribution in [0.2, 0.25) is 0 Å². The van der Waals surface area contributed by atoms with Crippen molar-refractivity contribution in [3.05, 3.63) is 47.3 Å². The minimum atomic E-state index is -1.38. The van der Waals surface area contributed by atoms with Gasteiger partial charge in [-0.25, -0.2) is 14.5 Å². The zero-order valence-electron chi connectivity index (χ0n) is 23.4. The molecule has 218 valence electrons. The number of thiol groups is 1. The van der Waals surface area contributed by atoms with Crippen molar-refractivity contribution in [2.24, 2.45) is 28.6 Å². The Balaban J connectivity index is 1.21. The van der Waals surface area contributed by atoms with E-state index in [0.29, 0.717) is 31.6 Å². The Labute approximate surface area is 244 Å². The van der Waals surface area contributed by atoms with E-state index in [9.17, 15) is 19.1 Å². The number of allylic oxidation sites excluding steroid dienone is 1. The van der Waals surface area contributed by atoms with E-state index in [1.807, 2.05) is 13.1 Å². The van der Waals surface area contributed by atoms with Gasteiger partial charge in [0.15, 0.2) is 11.7 Å². The van der Waals surface area contributed by atoms with Gasteiger partial charge in [0, 0.05) is 12.0 Å². The first-order chi connectivity index (χ1) is 19.6. The number of carbonyl (C=O) groups is 2. The summed E-state index contributed by atoms with van der Waals surface area (Å²) in [6.45, 7) is 4.79. The first-order valence-corrected chi connectivity index (χ1v) is 15.2. The molecule has 5 aliphatic rings. The topological polar surface area (TPSA) is 104 Å². The molecule has 0 spiro atoms. The van der Waals surface area contributed by atoms with Gasteiger partial charge in [-0.15, -0.1) is 12.6 Å². The van der Waals surface area contributed by atoms with Crippen molar-refractivity contribution in [1.29, 1.82) is 0 Å². The number of aliphatic hydroxyl groups excluding tert-OH is 1. The van der Waals surface area contributed by atoms with Crippen molar-refractivity contribution in [2.75, 3.05) is 6.61 Å². The molecule has 3 heterocycles. The molecule has 7 rings (SSSR count). The highest BCUT2D eigenvalue weighted by atomic mass is 32.1. The highest BCUT2D eigenvalue weighted by molar-refractivity contribution is 7.96. The lowest BCUT2D eigenvalue weighted by atomic mass is 9.45. The number of carbonyl (C=O) groups excluding carboxylic acids is 2. The largest absolute Gasteiger partial charge is 0.448 e. The van der Waals surface area contributed by atoms with Gasteiger partial charge in [-0.2, -0.15) is 9.49 Å². The van der Waals surface area contributed by atoms with E-state index >= 15 is 0 Å². The molecule has 0 aromatic carbocycles. The van der Waals surface area contributed by atoms with Crippen LogP contribution in [0.5, 0.6) is 0 Å². The van der Waals surface area contributed by atoms with E-state index in [2.05, 4.69) is 35.7 Å². The van der Waals surface area contributed by atoms with Gasteiger partial charge in [-0.3, -0.25) is 4.79 Å². The molecule has 4 aliphatic carbocycles. The number of nitrogens with zero attached hydrogens (tertiary/aromatic N) is 3. The molecular formula is C31H36FN3O5S. The SMILES string of the molecule is C[C@]12Cc3cnn(-c4ccc(F)nc4)c3C=C1CC[C@@H]1[C@@H]2[C@@H](O)C[C@@]2(C)[C@H]1CC[C@]2(OC(=O)[C@H]1CCCO1)C(=O)S. The molecule has 8 nitrogen and oxygen atoms in total. The molecule has 8 atom stereocenters. The molecule has 41 heavy (non-hydrogen) atoms. The average molecular weight is 582 g/mol. The third-order valence-corrected chi connectivity index (χ3v) is 11.7. The summed E-state index contributed by atoms with van der Waals surface area (Å²) in [6.07, 6.45) is 9.59. The summed E-state index contributed by atoms with van der Waals surface area (Å²) in [5.41, 5.74) is 1.65. The quantitative estimate of drug-likeness (QED) is 0.312. The number of rotatable bonds is 4. The van der Waals surface area contributed by atoms with Crippen LogP contribution in [0.25, 0.3) is 11.8 Å². The maximum atomic E-state index is 13.4. The monoisotopic (exact) mass is 581 g/mol. The molecule has 0 unspecified atom stereocenters. The van der Waals surface area contributed by atoms with Gasteiger partial charge in [-0.1, -0.05) is 19.4 Å².